The molecular formula is C20H34O6. The number of aliphatic hydroxyl groups is 6. The molecule has 0 aliphatic heterocycles. The molecule has 6 N–H and O–H groups in total. The summed E-state index contributed by atoms with van der Waals surface area (Å²) < 4.78 is 0. The molecule has 1 spiro atoms. The second-order valence-electron chi connectivity index (χ2n) is 10.8. The molecule has 0 aromatic heterocycles. The highest BCUT2D eigenvalue weighted by molar-refractivity contribution is 5.26. The second-order valence-corrected chi connectivity index (χ2v) is 10.8. The Labute approximate surface area is 154 Å². The first-order valence-corrected chi connectivity index (χ1v) is 9.94. The van der Waals surface area contributed by atoms with E-state index in [0.29, 0.717) is 19.3 Å². The Morgan fingerprint density at radius 2 is 1.42 bits per heavy atom. The van der Waals surface area contributed by atoms with Gasteiger partial charge in [0.05, 0.1) is 23.4 Å². The normalized spacial score (nSPS) is 63.9. The molecule has 0 heterocycles. The van der Waals surface area contributed by atoms with Crippen molar-refractivity contribution in [2.75, 3.05) is 0 Å². The molecule has 4 saturated carbocycles. The summed E-state index contributed by atoms with van der Waals surface area (Å²) in [6.45, 7) is 6.83. The Morgan fingerprint density at radius 1 is 0.808 bits per heavy atom. The molecule has 4 aliphatic carbocycles. The van der Waals surface area contributed by atoms with Gasteiger partial charge in [-0.25, -0.2) is 0 Å². The molecule has 0 saturated heterocycles. The third-order valence-electron chi connectivity index (χ3n) is 9.30. The standard InChI is InChI=1S/C20H34O6/c1-16(2)13(21)7-12-18(4,25)11-6-5-10-8-19(11,9-17(10,3)24)14(22)15(23)20(12,16)26/h10-15,21-26H,5-9H2,1-4H3/t10-,11-,12-,13-,14+,15-,17+,18+,19?,20-/m0/s1. The molecule has 0 aromatic carbocycles. The fourth-order valence-corrected chi connectivity index (χ4v) is 7.68. The van der Waals surface area contributed by atoms with Gasteiger partial charge in [0.2, 0.25) is 0 Å². The van der Waals surface area contributed by atoms with Crippen molar-refractivity contribution < 1.29 is 30.6 Å². The van der Waals surface area contributed by atoms with Crippen molar-refractivity contribution in [2.24, 2.45) is 28.6 Å². The first kappa shape index (κ1) is 19.1. The molecule has 10 atom stereocenters. The molecule has 6 nitrogen and oxygen atoms in total. The van der Waals surface area contributed by atoms with E-state index in [2.05, 4.69) is 0 Å². The lowest BCUT2D eigenvalue weighted by atomic mass is 9.58. The second kappa shape index (κ2) is 5.02. The van der Waals surface area contributed by atoms with Gasteiger partial charge in [0.15, 0.2) is 0 Å². The molecule has 0 amide bonds. The average Bonchev–Trinajstić information content (AvgIpc) is 2.85. The summed E-state index contributed by atoms with van der Waals surface area (Å²) in [5.41, 5.74) is -6.05. The van der Waals surface area contributed by atoms with Crippen LogP contribution >= 0.6 is 0 Å². The molecular weight excluding hydrogens is 336 g/mol. The minimum Gasteiger partial charge on any atom is -0.392 e. The van der Waals surface area contributed by atoms with Gasteiger partial charge in [-0.15, -0.1) is 0 Å². The summed E-state index contributed by atoms with van der Waals surface area (Å²) in [5.74, 6) is -1.09. The zero-order valence-electron chi connectivity index (χ0n) is 16.2. The van der Waals surface area contributed by atoms with Crippen LogP contribution in [0, 0.1) is 28.6 Å². The van der Waals surface area contributed by atoms with Crippen molar-refractivity contribution in [1.29, 1.82) is 0 Å². The van der Waals surface area contributed by atoms with Gasteiger partial charge in [-0.1, -0.05) is 13.8 Å². The lowest BCUT2D eigenvalue weighted by molar-refractivity contribution is -0.216. The summed E-state index contributed by atoms with van der Waals surface area (Å²) in [6, 6.07) is 0. The van der Waals surface area contributed by atoms with E-state index in [1.165, 1.54) is 0 Å². The van der Waals surface area contributed by atoms with E-state index in [0.717, 1.165) is 6.42 Å². The highest BCUT2D eigenvalue weighted by Gasteiger charge is 2.76. The summed E-state index contributed by atoms with van der Waals surface area (Å²) in [4.78, 5) is 0. The predicted octanol–water partition coefficient (Wildman–Crippen LogP) is 0.168. The molecule has 4 aliphatic rings. The SMILES string of the molecule is CC1(C)[C@@H](O)C[C@H]2[C@](C)(O)[C@@H]3CC[C@H]4CC3(C[C@@]4(C)O)[C@H](O)[C@H](O)[C@@]21O. The lowest BCUT2D eigenvalue weighted by Crippen LogP contribution is -2.63. The van der Waals surface area contributed by atoms with Gasteiger partial charge in [-0.3, -0.25) is 0 Å². The third-order valence-corrected chi connectivity index (χ3v) is 9.30. The van der Waals surface area contributed by atoms with Crippen LogP contribution < -0.4 is 0 Å². The van der Waals surface area contributed by atoms with Gasteiger partial charge in [0.25, 0.3) is 0 Å². The Morgan fingerprint density at radius 3 is 2.04 bits per heavy atom. The Hall–Kier alpha value is -0.240. The summed E-state index contributed by atoms with van der Waals surface area (Å²) in [5, 5.41) is 67.3. The molecule has 6 heteroatoms. The molecule has 26 heavy (non-hydrogen) atoms. The third kappa shape index (κ3) is 1.89. The maximum absolute atomic E-state index is 11.7. The van der Waals surface area contributed by atoms with E-state index >= 15 is 0 Å². The fraction of sp³-hybridized carbons (Fsp3) is 1.00. The van der Waals surface area contributed by atoms with Gasteiger partial charge < -0.3 is 30.6 Å². The van der Waals surface area contributed by atoms with E-state index in [1.54, 1.807) is 27.7 Å². The van der Waals surface area contributed by atoms with Crippen molar-refractivity contribution in [2.45, 2.75) is 94.9 Å². The van der Waals surface area contributed by atoms with Crippen LogP contribution in [-0.4, -0.2) is 65.8 Å². The van der Waals surface area contributed by atoms with Crippen molar-refractivity contribution in [3.63, 3.8) is 0 Å². The molecule has 2 bridgehead atoms. The lowest BCUT2D eigenvalue weighted by Gasteiger charge is -2.50. The van der Waals surface area contributed by atoms with Gasteiger partial charge in [0.1, 0.15) is 11.7 Å². The molecule has 1 unspecified atom stereocenters. The number of aliphatic hydroxyl groups excluding tert-OH is 3. The Bertz CT molecular complexity index is 615. The minimum absolute atomic E-state index is 0.0163. The van der Waals surface area contributed by atoms with Gasteiger partial charge in [-0.2, -0.15) is 0 Å². The van der Waals surface area contributed by atoms with Crippen molar-refractivity contribution in [1.82, 2.24) is 0 Å². The quantitative estimate of drug-likeness (QED) is 0.361. The van der Waals surface area contributed by atoms with Gasteiger partial charge in [-0.05, 0) is 57.8 Å². The highest BCUT2D eigenvalue weighted by Crippen LogP contribution is 2.69. The van der Waals surface area contributed by atoms with Crippen LogP contribution in [0.2, 0.25) is 0 Å². The van der Waals surface area contributed by atoms with Crippen LogP contribution in [0.4, 0.5) is 0 Å². The van der Waals surface area contributed by atoms with Crippen molar-refractivity contribution >= 4 is 0 Å². The van der Waals surface area contributed by atoms with E-state index in [1.807, 2.05) is 0 Å². The van der Waals surface area contributed by atoms with Crippen LogP contribution in [0.25, 0.3) is 0 Å². The Kier molecular flexibility index (Phi) is 3.69. The predicted molar refractivity (Wildman–Crippen MR) is 94.0 cm³/mol. The first-order chi connectivity index (χ1) is 11.7. The van der Waals surface area contributed by atoms with Crippen LogP contribution in [0.3, 0.4) is 0 Å². The smallest absolute Gasteiger partial charge is 0.110 e. The van der Waals surface area contributed by atoms with Crippen LogP contribution in [-0.2, 0) is 0 Å². The zero-order chi connectivity index (χ0) is 19.5. The van der Waals surface area contributed by atoms with Crippen molar-refractivity contribution in [3.05, 3.63) is 0 Å². The van der Waals surface area contributed by atoms with Crippen LogP contribution in [0.15, 0.2) is 0 Å². The van der Waals surface area contributed by atoms with E-state index in [9.17, 15) is 30.6 Å². The summed E-state index contributed by atoms with van der Waals surface area (Å²) >= 11 is 0. The van der Waals surface area contributed by atoms with E-state index in [-0.39, 0.29) is 18.3 Å². The number of hydrogen-bond donors (Lipinski definition) is 6. The maximum atomic E-state index is 11.7. The van der Waals surface area contributed by atoms with Crippen LogP contribution in [0.5, 0.6) is 0 Å². The summed E-state index contributed by atoms with van der Waals surface area (Å²) in [7, 11) is 0. The Balaban J connectivity index is 1.91. The van der Waals surface area contributed by atoms with Crippen molar-refractivity contribution in [3.8, 4) is 0 Å². The number of fused-ring (bicyclic) bond motifs is 2. The average molecular weight is 370 g/mol. The van der Waals surface area contributed by atoms with E-state index in [4.69, 9.17) is 0 Å². The first-order valence-electron chi connectivity index (χ1n) is 9.94. The van der Waals surface area contributed by atoms with Gasteiger partial charge >= 0.3 is 0 Å². The number of rotatable bonds is 0. The number of hydrogen-bond acceptors (Lipinski definition) is 6. The van der Waals surface area contributed by atoms with Crippen LogP contribution in [0.1, 0.15) is 59.8 Å². The summed E-state index contributed by atoms with van der Waals surface area (Å²) in [6.07, 6.45) is -1.27. The highest BCUT2D eigenvalue weighted by atomic mass is 16.4. The maximum Gasteiger partial charge on any atom is 0.110 e. The molecule has 4 fully saturated rings. The monoisotopic (exact) mass is 370 g/mol. The molecule has 4 rings (SSSR count). The minimum atomic E-state index is -1.81. The topological polar surface area (TPSA) is 121 Å². The fourth-order valence-electron chi connectivity index (χ4n) is 7.68. The van der Waals surface area contributed by atoms with E-state index < -0.39 is 51.9 Å². The molecule has 0 radical (unpaired) electrons. The molecule has 150 valence electrons. The molecule has 0 aromatic rings. The largest absolute Gasteiger partial charge is 0.392 e. The van der Waals surface area contributed by atoms with Gasteiger partial charge in [0, 0.05) is 16.7 Å². The zero-order valence-corrected chi connectivity index (χ0v) is 16.2.